The van der Waals surface area contributed by atoms with Gasteiger partial charge in [0.2, 0.25) is 12.6 Å². The van der Waals surface area contributed by atoms with E-state index in [1.165, 1.54) is 0 Å². The highest BCUT2D eigenvalue weighted by atomic mass is 16.7. The minimum Gasteiger partial charge on any atom is -0.360 e. The smallest absolute Gasteiger partial charge is 0.261 e. The standard InChI is InChI=1S/C4H8N2O6/c5-11-3(9)1(7)2(8)4(10)12-6/h3-4,9-10H,5-6H2. The number of aliphatic hydroxyl groups excluding tert-OH is 2. The van der Waals surface area contributed by atoms with Crippen molar-refractivity contribution < 1.29 is 29.5 Å². The zero-order valence-corrected chi connectivity index (χ0v) is 5.84. The minimum atomic E-state index is -2.12. The molecular weight excluding hydrogens is 172 g/mol. The molecule has 0 aromatic carbocycles. The summed E-state index contributed by atoms with van der Waals surface area (Å²) in [5.74, 6) is 5.85. The highest BCUT2D eigenvalue weighted by Crippen LogP contribution is 1.92. The molecule has 0 aliphatic rings. The first-order chi connectivity index (χ1) is 5.54. The lowest BCUT2D eigenvalue weighted by atomic mass is 10.2. The van der Waals surface area contributed by atoms with E-state index in [-0.39, 0.29) is 0 Å². The number of carbonyl (C=O) groups is 2. The van der Waals surface area contributed by atoms with E-state index in [2.05, 4.69) is 21.5 Å². The molecule has 12 heavy (non-hydrogen) atoms. The summed E-state index contributed by atoms with van der Waals surface area (Å²) in [6, 6.07) is 0. The van der Waals surface area contributed by atoms with E-state index in [1.54, 1.807) is 0 Å². The molecule has 8 nitrogen and oxygen atoms in total. The highest BCUT2D eigenvalue weighted by Gasteiger charge is 2.29. The van der Waals surface area contributed by atoms with E-state index in [1.807, 2.05) is 0 Å². The molecule has 0 aliphatic carbocycles. The van der Waals surface area contributed by atoms with Gasteiger partial charge in [-0.1, -0.05) is 0 Å². The van der Waals surface area contributed by atoms with Crippen molar-refractivity contribution in [1.82, 2.24) is 0 Å². The normalized spacial score (nSPS) is 15.3. The van der Waals surface area contributed by atoms with Crippen LogP contribution in [-0.4, -0.2) is 34.4 Å². The maximum absolute atomic E-state index is 10.6. The fourth-order valence-corrected chi connectivity index (χ4v) is 0.367. The molecule has 0 fully saturated rings. The van der Waals surface area contributed by atoms with Gasteiger partial charge in [-0.3, -0.25) is 19.3 Å². The Kier molecular flexibility index (Phi) is 4.51. The van der Waals surface area contributed by atoms with Crippen LogP contribution < -0.4 is 11.8 Å². The lowest BCUT2D eigenvalue weighted by molar-refractivity contribution is -0.177. The maximum atomic E-state index is 10.6. The summed E-state index contributed by atoms with van der Waals surface area (Å²) in [7, 11) is 0. The van der Waals surface area contributed by atoms with Gasteiger partial charge in [0.1, 0.15) is 0 Å². The molecule has 0 rings (SSSR count). The summed E-state index contributed by atoms with van der Waals surface area (Å²) >= 11 is 0. The monoisotopic (exact) mass is 180 g/mol. The van der Waals surface area contributed by atoms with E-state index >= 15 is 0 Å². The van der Waals surface area contributed by atoms with Crippen LogP contribution in [0.25, 0.3) is 0 Å². The lowest BCUT2D eigenvalue weighted by Gasteiger charge is -2.07. The third-order valence-electron chi connectivity index (χ3n) is 0.949. The second-order valence-electron chi connectivity index (χ2n) is 1.71. The first kappa shape index (κ1) is 11.1. The number of aliphatic hydroxyl groups is 2. The highest BCUT2D eigenvalue weighted by molar-refractivity contribution is 6.39. The van der Waals surface area contributed by atoms with Crippen LogP contribution in [0.1, 0.15) is 0 Å². The predicted octanol–water partition coefficient (Wildman–Crippen LogP) is -3.46. The van der Waals surface area contributed by atoms with Crippen LogP contribution in [0.3, 0.4) is 0 Å². The van der Waals surface area contributed by atoms with Crippen LogP contribution in [0.5, 0.6) is 0 Å². The van der Waals surface area contributed by atoms with Crippen molar-refractivity contribution in [2.75, 3.05) is 0 Å². The Bertz CT molecular complexity index is 162. The Morgan fingerprint density at radius 2 is 1.25 bits per heavy atom. The van der Waals surface area contributed by atoms with Crippen molar-refractivity contribution in [2.24, 2.45) is 11.8 Å². The zero-order chi connectivity index (χ0) is 9.72. The summed E-state index contributed by atoms with van der Waals surface area (Å²) in [5, 5.41) is 17.0. The van der Waals surface area contributed by atoms with E-state index in [9.17, 15) is 9.59 Å². The average molecular weight is 180 g/mol. The minimum absolute atomic E-state index is 1.45. The van der Waals surface area contributed by atoms with Gasteiger partial charge in [0.15, 0.2) is 0 Å². The van der Waals surface area contributed by atoms with Crippen LogP contribution in [0.2, 0.25) is 0 Å². The number of ketones is 2. The molecule has 0 saturated heterocycles. The van der Waals surface area contributed by atoms with E-state index in [4.69, 9.17) is 10.2 Å². The fraction of sp³-hybridized carbons (Fsp3) is 0.500. The molecular formula is C4H8N2O6. The van der Waals surface area contributed by atoms with Crippen LogP contribution >= 0.6 is 0 Å². The molecule has 8 heteroatoms. The van der Waals surface area contributed by atoms with Crippen LogP contribution in [0.4, 0.5) is 0 Å². The van der Waals surface area contributed by atoms with Gasteiger partial charge < -0.3 is 10.2 Å². The molecule has 0 aromatic rings. The average Bonchev–Trinajstić information content (AvgIpc) is 2.12. The molecule has 0 aliphatic heterocycles. The van der Waals surface area contributed by atoms with Gasteiger partial charge in [-0.25, -0.2) is 11.8 Å². The third kappa shape index (κ3) is 2.62. The molecule has 0 saturated carbocycles. The first-order valence-electron chi connectivity index (χ1n) is 2.69. The second-order valence-corrected chi connectivity index (χ2v) is 1.71. The van der Waals surface area contributed by atoms with Gasteiger partial charge >= 0.3 is 0 Å². The Balaban J connectivity index is 4.19. The Hall–Kier alpha value is -0.900. The number of nitrogens with two attached hydrogens (primary N) is 2. The second kappa shape index (κ2) is 4.87. The van der Waals surface area contributed by atoms with Gasteiger partial charge in [-0.05, 0) is 0 Å². The Morgan fingerprint density at radius 1 is 1.00 bits per heavy atom. The molecule has 0 spiro atoms. The molecule has 0 heterocycles. The molecule has 0 amide bonds. The van der Waals surface area contributed by atoms with E-state index in [0.29, 0.717) is 0 Å². The number of rotatable bonds is 5. The summed E-state index contributed by atoms with van der Waals surface area (Å²) in [5.41, 5.74) is 0. The maximum Gasteiger partial charge on any atom is 0.261 e. The van der Waals surface area contributed by atoms with Gasteiger partial charge in [0, 0.05) is 0 Å². The number of hydrogen-bond acceptors (Lipinski definition) is 8. The summed E-state index contributed by atoms with van der Waals surface area (Å²) in [6.07, 6.45) is -4.25. The molecule has 2 unspecified atom stereocenters. The van der Waals surface area contributed by atoms with Crippen LogP contribution in [-0.2, 0) is 19.3 Å². The third-order valence-corrected chi connectivity index (χ3v) is 0.949. The Labute approximate surface area is 66.6 Å². The Morgan fingerprint density at radius 3 is 1.42 bits per heavy atom. The van der Waals surface area contributed by atoms with Crippen LogP contribution in [0, 0.1) is 0 Å². The zero-order valence-electron chi connectivity index (χ0n) is 5.84. The topological polar surface area (TPSA) is 145 Å². The number of hydrogen-bond donors (Lipinski definition) is 4. The van der Waals surface area contributed by atoms with Crippen molar-refractivity contribution in [1.29, 1.82) is 0 Å². The van der Waals surface area contributed by atoms with Gasteiger partial charge in [-0.2, -0.15) is 0 Å². The number of carbonyl (C=O) groups excluding carboxylic acids is 2. The molecule has 0 radical (unpaired) electrons. The van der Waals surface area contributed by atoms with E-state index in [0.717, 1.165) is 0 Å². The molecule has 0 bridgehead atoms. The fourth-order valence-electron chi connectivity index (χ4n) is 0.367. The summed E-state index contributed by atoms with van der Waals surface area (Å²) in [6.45, 7) is 0. The van der Waals surface area contributed by atoms with E-state index < -0.39 is 24.1 Å². The van der Waals surface area contributed by atoms with Crippen molar-refractivity contribution in [2.45, 2.75) is 12.6 Å². The predicted molar refractivity (Wildman–Crippen MR) is 32.6 cm³/mol. The molecule has 2 atom stereocenters. The number of Topliss-reactive ketones (excluding diaryl/α,β-unsaturated/α-hetero) is 2. The van der Waals surface area contributed by atoms with Crippen molar-refractivity contribution in [3.05, 3.63) is 0 Å². The van der Waals surface area contributed by atoms with Crippen LogP contribution in [0.15, 0.2) is 0 Å². The summed E-state index contributed by atoms with van der Waals surface area (Å²) < 4.78 is 0. The quantitative estimate of drug-likeness (QED) is 0.194. The largest absolute Gasteiger partial charge is 0.360 e. The SMILES string of the molecule is NOC(O)C(=O)C(=O)C(O)ON. The summed E-state index contributed by atoms with van der Waals surface area (Å²) in [4.78, 5) is 28.4. The van der Waals surface area contributed by atoms with Gasteiger partial charge in [0.05, 0.1) is 0 Å². The van der Waals surface area contributed by atoms with Gasteiger partial charge in [-0.15, -0.1) is 0 Å². The molecule has 6 N–H and O–H groups in total. The van der Waals surface area contributed by atoms with Crippen molar-refractivity contribution in [3.63, 3.8) is 0 Å². The first-order valence-corrected chi connectivity index (χ1v) is 2.69. The van der Waals surface area contributed by atoms with Crippen molar-refractivity contribution in [3.8, 4) is 0 Å². The molecule has 70 valence electrons. The lowest BCUT2D eigenvalue weighted by Crippen LogP contribution is -2.40. The molecule has 0 aromatic heterocycles. The van der Waals surface area contributed by atoms with Crippen molar-refractivity contribution >= 4 is 11.6 Å². The van der Waals surface area contributed by atoms with Gasteiger partial charge in [0.25, 0.3) is 11.6 Å².